The number of nitrogens with zero attached hydrogens (tertiary/aromatic N) is 3. The largest absolute Gasteiger partial charge is 0.476 e. The number of anilines is 1. The van der Waals surface area contributed by atoms with E-state index in [1.165, 1.54) is 0 Å². The van der Waals surface area contributed by atoms with Crippen molar-refractivity contribution in [3.05, 3.63) is 42.6 Å². The van der Waals surface area contributed by atoms with Crippen LogP contribution < -0.4 is 4.90 Å². The first-order valence-electron chi connectivity index (χ1n) is 6.46. The molecule has 104 valence electrons. The number of carboxylic acid groups (broad SMARTS) is 1. The van der Waals surface area contributed by atoms with Crippen molar-refractivity contribution >= 4 is 22.6 Å². The third-order valence-corrected chi connectivity index (χ3v) is 3.13. The lowest BCUT2D eigenvalue weighted by Crippen LogP contribution is -2.22. The predicted molar refractivity (Wildman–Crippen MR) is 79.2 cm³/mol. The van der Waals surface area contributed by atoms with E-state index in [9.17, 15) is 9.90 Å². The number of carboxylic acids is 1. The lowest BCUT2D eigenvalue weighted by molar-refractivity contribution is 0.0690. The Balaban J connectivity index is 2.48. The molecule has 0 fully saturated rings. The van der Waals surface area contributed by atoms with Crippen molar-refractivity contribution in [2.75, 3.05) is 18.5 Å². The van der Waals surface area contributed by atoms with E-state index in [0.717, 1.165) is 24.8 Å². The fourth-order valence-corrected chi connectivity index (χ4v) is 2.15. The average Bonchev–Trinajstić information content (AvgIpc) is 2.46. The fraction of sp³-hybridized carbons (Fsp3) is 0.267. The topological polar surface area (TPSA) is 66.3 Å². The highest BCUT2D eigenvalue weighted by Gasteiger charge is 2.19. The van der Waals surface area contributed by atoms with E-state index >= 15 is 0 Å². The van der Waals surface area contributed by atoms with Gasteiger partial charge in [0.2, 0.25) is 0 Å². The minimum Gasteiger partial charge on any atom is -0.476 e. The zero-order chi connectivity index (χ0) is 14.5. The summed E-state index contributed by atoms with van der Waals surface area (Å²) in [6.07, 6.45) is 3.66. The molecule has 20 heavy (non-hydrogen) atoms. The maximum atomic E-state index is 11.4. The second kappa shape index (κ2) is 6.14. The van der Waals surface area contributed by atoms with Crippen LogP contribution in [0.1, 0.15) is 23.3 Å². The van der Waals surface area contributed by atoms with Crippen molar-refractivity contribution in [1.29, 1.82) is 0 Å². The second-order valence-electron chi connectivity index (χ2n) is 4.57. The van der Waals surface area contributed by atoms with E-state index < -0.39 is 5.97 Å². The Labute approximate surface area is 117 Å². The Kier molecular flexibility index (Phi) is 4.30. The molecule has 0 saturated heterocycles. The van der Waals surface area contributed by atoms with Crippen molar-refractivity contribution in [2.24, 2.45) is 0 Å². The van der Waals surface area contributed by atoms with E-state index in [0.29, 0.717) is 11.2 Å². The van der Waals surface area contributed by atoms with Gasteiger partial charge >= 0.3 is 5.97 Å². The summed E-state index contributed by atoms with van der Waals surface area (Å²) in [5.41, 5.74) is 1.31. The first-order valence-corrected chi connectivity index (χ1v) is 6.46. The van der Waals surface area contributed by atoms with E-state index in [-0.39, 0.29) is 5.69 Å². The molecule has 0 aliphatic rings. The van der Waals surface area contributed by atoms with E-state index in [4.69, 9.17) is 0 Å². The predicted octanol–water partition coefficient (Wildman–Crippen LogP) is 2.73. The highest BCUT2D eigenvalue weighted by Crippen LogP contribution is 2.27. The Morgan fingerprint density at radius 1 is 1.40 bits per heavy atom. The van der Waals surface area contributed by atoms with Crippen LogP contribution in [0.25, 0.3) is 10.9 Å². The van der Waals surface area contributed by atoms with E-state index in [1.807, 2.05) is 42.3 Å². The molecule has 0 radical (unpaired) electrons. The third-order valence-electron chi connectivity index (χ3n) is 3.13. The quantitative estimate of drug-likeness (QED) is 0.646. The first kappa shape index (κ1) is 14.0. The Morgan fingerprint density at radius 3 is 2.85 bits per heavy atom. The van der Waals surface area contributed by atoms with Gasteiger partial charge in [-0.15, -0.1) is 16.8 Å². The summed E-state index contributed by atoms with van der Waals surface area (Å²) in [6.45, 7) is 4.43. The van der Waals surface area contributed by atoms with Gasteiger partial charge in [0.1, 0.15) is 0 Å². The second-order valence-corrected chi connectivity index (χ2v) is 4.57. The van der Waals surface area contributed by atoms with Crippen LogP contribution in [0, 0.1) is 0 Å². The summed E-state index contributed by atoms with van der Waals surface area (Å²) in [4.78, 5) is 13.3. The molecule has 0 unspecified atom stereocenters. The number of allylic oxidation sites excluding steroid dienone is 1. The molecule has 0 amide bonds. The minimum absolute atomic E-state index is 0.00944. The van der Waals surface area contributed by atoms with Crippen molar-refractivity contribution in [3.63, 3.8) is 0 Å². The molecule has 5 nitrogen and oxygen atoms in total. The van der Waals surface area contributed by atoms with Gasteiger partial charge in [-0.3, -0.25) is 0 Å². The van der Waals surface area contributed by atoms with Crippen LogP contribution in [0.5, 0.6) is 0 Å². The molecule has 0 aliphatic carbocycles. The van der Waals surface area contributed by atoms with E-state index in [1.54, 1.807) is 0 Å². The molecular weight excluding hydrogens is 254 g/mol. The first-order chi connectivity index (χ1) is 9.65. The molecule has 1 heterocycles. The number of carbonyl (C=O) groups is 1. The van der Waals surface area contributed by atoms with Crippen LogP contribution in [-0.4, -0.2) is 34.9 Å². The maximum Gasteiger partial charge on any atom is 0.358 e. The molecule has 0 spiro atoms. The smallest absolute Gasteiger partial charge is 0.358 e. The Morgan fingerprint density at radius 2 is 2.15 bits per heavy atom. The number of benzene rings is 1. The molecule has 5 heteroatoms. The van der Waals surface area contributed by atoms with Crippen molar-refractivity contribution in [2.45, 2.75) is 12.8 Å². The van der Waals surface area contributed by atoms with Crippen LogP contribution in [0.4, 0.5) is 5.69 Å². The van der Waals surface area contributed by atoms with Crippen molar-refractivity contribution in [3.8, 4) is 0 Å². The van der Waals surface area contributed by atoms with Crippen LogP contribution in [0.2, 0.25) is 0 Å². The highest BCUT2D eigenvalue weighted by atomic mass is 16.4. The molecule has 1 aromatic carbocycles. The number of aromatic carboxylic acids is 1. The number of fused-ring (bicyclic) bond motifs is 1. The summed E-state index contributed by atoms with van der Waals surface area (Å²) < 4.78 is 0. The van der Waals surface area contributed by atoms with E-state index in [2.05, 4.69) is 16.8 Å². The number of hydrogen-bond acceptors (Lipinski definition) is 4. The lowest BCUT2D eigenvalue weighted by Gasteiger charge is -2.21. The molecule has 2 aromatic rings. The molecule has 2 rings (SSSR count). The van der Waals surface area contributed by atoms with Crippen LogP contribution in [-0.2, 0) is 0 Å². The standard InChI is InChI=1S/C15H17N3O2/c1-3-4-7-10-18(2)14-11-8-5-6-9-12(11)16-17-13(14)15(19)20/h3,5-6,8-9H,1,4,7,10H2,2H3,(H,19,20). The van der Waals surface area contributed by atoms with Gasteiger partial charge in [-0.1, -0.05) is 24.3 Å². The maximum absolute atomic E-state index is 11.4. The highest BCUT2D eigenvalue weighted by molar-refractivity contribution is 6.02. The van der Waals surface area contributed by atoms with Gasteiger partial charge in [-0.25, -0.2) is 4.79 Å². The lowest BCUT2D eigenvalue weighted by atomic mass is 10.1. The number of rotatable bonds is 6. The molecule has 1 N–H and O–H groups in total. The van der Waals surface area contributed by atoms with Gasteiger partial charge in [0.05, 0.1) is 11.2 Å². The number of unbranched alkanes of at least 4 members (excludes halogenated alkanes) is 1. The Hall–Kier alpha value is -2.43. The molecule has 0 bridgehead atoms. The average molecular weight is 271 g/mol. The normalized spacial score (nSPS) is 10.4. The zero-order valence-corrected chi connectivity index (χ0v) is 11.4. The summed E-state index contributed by atoms with van der Waals surface area (Å²) in [5.74, 6) is -1.06. The van der Waals surface area contributed by atoms with Crippen LogP contribution >= 0.6 is 0 Å². The summed E-state index contributed by atoms with van der Waals surface area (Å²) in [7, 11) is 1.87. The van der Waals surface area contributed by atoms with Crippen molar-refractivity contribution in [1.82, 2.24) is 10.2 Å². The molecule has 0 saturated carbocycles. The summed E-state index contributed by atoms with van der Waals surface area (Å²) in [5, 5.41) is 17.9. The SMILES string of the molecule is C=CCCCN(C)c1c(C(=O)O)nnc2ccccc12. The Bertz CT molecular complexity index is 640. The van der Waals surface area contributed by atoms with Gasteiger partial charge in [-0.05, 0) is 18.9 Å². The molecule has 1 aromatic heterocycles. The zero-order valence-electron chi connectivity index (χ0n) is 11.4. The minimum atomic E-state index is -1.06. The molecular formula is C15H17N3O2. The molecule has 0 aliphatic heterocycles. The van der Waals surface area contributed by atoms with Crippen LogP contribution in [0.3, 0.4) is 0 Å². The van der Waals surface area contributed by atoms with Gasteiger partial charge in [-0.2, -0.15) is 0 Å². The molecule has 0 atom stereocenters. The fourth-order valence-electron chi connectivity index (χ4n) is 2.15. The number of aromatic nitrogens is 2. The summed E-state index contributed by atoms with van der Waals surface area (Å²) in [6, 6.07) is 7.43. The van der Waals surface area contributed by atoms with Gasteiger partial charge < -0.3 is 10.0 Å². The van der Waals surface area contributed by atoms with Gasteiger partial charge in [0.25, 0.3) is 0 Å². The van der Waals surface area contributed by atoms with Crippen molar-refractivity contribution < 1.29 is 9.90 Å². The summed E-state index contributed by atoms with van der Waals surface area (Å²) >= 11 is 0. The third kappa shape index (κ3) is 2.77. The number of hydrogen-bond donors (Lipinski definition) is 1. The monoisotopic (exact) mass is 271 g/mol. The van der Waals surface area contributed by atoms with Gasteiger partial charge in [0, 0.05) is 19.0 Å². The van der Waals surface area contributed by atoms with Crippen LogP contribution in [0.15, 0.2) is 36.9 Å². The van der Waals surface area contributed by atoms with Gasteiger partial charge in [0.15, 0.2) is 5.69 Å².